The molecule has 3 aliphatic heterocycles. The van der Waals surface area contributed by atoms with E-state index >= 15 is 0 Å². The number of carbonyl (C=O) groups is 1. The van der Waals surface area contributed by atoms with Crippen molar-refractivity contribution in [3.63, 3.8) is 0 Å². The summed E-state index contributed by atoms with van der Waals surface area (Å²) in [7, 11) is -3.98. The van der Waals surface area contributed by atoms with Gasteiger partial charge in [-0.05, 0) is 106 Å². The summed E-state index contributed by atoms with van der Waals surface area (Å²) in [5.74, 6) is 1.41. The maximum atomic E-state index is 13.6. The van der Waals surface area contributed by atoms with E-state index in [1.54, 1.807) is 52.5 Å². The number of rotatable bonds is 13. The zero-order valence-corrected chi connectivity index (χ0v) is 37.2. The lowest BCUT2D eigenvalue weighted by Gasteiger charge is -2.43. The third-order valence-electron chi connectivity index (χ3n) is 10.0. The number of amides is 1. The molecule has 324 valence electrons. The van der Waals surface area contributed by atoms with Crippen LogP contribution in [0.1, 0.15) is 82.1 Å². The predicted molar refractivity (Wildman–Crippen MR) is 228 cm³/mol. The number of pyridine rings is 1. The molecular formula is C42H63N8O8P. The fourth-order valence-electron chi connectivity index (χ4n) is 7.72. The molecule has 2 N–H and O–H groups in total. The molecule has 3 atom stereocenters. The first-order valence-electron chi connectivity index (χ1n) is 20.5. The lowest BCUT2D eigenvalue weighted by Crippen LogP contribution is -2.55. The molecule has 3 fully saturated rings. The highest BCUT2D eigenvalue weighted by Crippen LogP contribution is 2.55. The zero-order chi connectivity index (χ0) is 42.8. The Balaban J connectivity index is 1.07. The number of fused-ring (bicyclic) bond motifs is 2. The number of aromatic nitrogens is 3. The van der Waals surface area contributed by atoms with Gasteiger partial charge in [0, 0.05) is 80.9 Å². The summed E-state index contributed by atoms with van der Waals surface area (Å²) >= 11 is 0. The SMILES string of the molecule is C[C@@H]1CN(C(=O)OC(C)(C)C)CCN1CCOc1cc(N2[C@@H]3CC[C@@H]2CN(c2cc(-c4ccccc4OCOP(=O)(OC(C)(C)C)OC(C)(C)C)nnc2N)C3)ccn1. The second-order valence-corrected chi connectivity index (χ2v) is 20.0. The Hall–Kier alpha value is -4.21. The molecule has 17 heteroatoms. The number of nitrogens with two attached hydrogens (primary N) is 1. The summed E-state index contributed by atoms with van der Waals surface area (Å²) in [5.41, 5.74) is 7.58. The van der Waals surface area contributed by atoms with Crippen molar-refractivity contribution in [1.82, 2.24) is 25.0 Å². The van der Waals surface area contributed by atoms with Gasteiger partial charge in [0.05, 0.1) is 22.6 Å². The van der Waals surface area contributed by atoms with Crippen LogP contribution in [0.3, 0.4) is 0 Å². The fraction of sp³-hybridized carbons (Fsp3) is 0.619. The first-order chi connectivity index (χ1) is 27.7. The number of piperazine rings is 2. The van der Waals surface area contributed by atoms with E-state index in [1.807, 2.05) is 57.3 Å². The number of benzene rings is 1. The highest BCUT2D eigenvalue weighted by Gasteiger charge is 2.41. The number of nitrogens with zero attached hydrogens (tertiary/aromatic N) is 7. The molecule has 2 bridgehead atoms. The Morgan fingerprint density at radius 1 is 0.864 bits per heavy atom. The van der Waals surface area contributed by atoms with Gasteiger partial charge in [0.25, 0.3) is 0 Å². The average Bonchev–Trinajstić information content (AvgIpc) is 3.39. The van der Waals surface area contributed by atoms with Crippen LogP contribution in [-0.4, -0.2) is 119 Å². The topological polar surface area (TPSA) is 167 Å². The number of carbonyl (C=O) groups excluding carboxylic acids is 1. The third kappa shape index (κ3) is 12.0. The first kappa shape index (κ1) is 44.3. The number of phosphoric ester groups is 1. The molecule has 1 aromatic carbocycles. The number of nitrogen functional groups attached to an aromatic ring is 1. The molecule has 16 nitrogen and oxygen atoms in total. The fourth-order valence-corrected chi connectivity index (χ4v) is 9.39. The molecule has 0 unspecified atom stereocenters. The lowest BCUT2D eigenvalue weighted by molar-refractivity contribution is -0.0189. The van der Waals surface area contributed by atoms with Crippen LogP contribution in [0.2, 0.25) is 0 Å². The van der Waals surface area contributed by atoms with Crippen LogP contribution < -0.4 is 25.0 Å². The van der Waals surface area contributed by atoms with Gasteiger partial charge in [0.15, 0.2) is 12.6 Å². The van der Waals surface area contributed by atoms with E-state index in [9.17, 15) is 9.36 Å². The van der Waals surface area contributed by atoms with Gasteiger partial charge >= 0.3 is 13.9 Å². The van der Waals surface area contributed by atoms with Gasteiger partial charge in [-0.15, -0.1) is 10.2 Å². The van der Waals surface area contributed by atoms with E-state index in [1.165, 1.54) is 0 Å². The van der Waals surface area contributed by atoms with Crippen LogP contribution in [-0.2, 0) is 22.9 Å². The number of hydrogen-bond acceptors (Lipinski definition) is 15. The minimum atomic E-state index is -3.98. The molecule has 1 amide bonds. The molecule has 2 aromatic heterocycles. The zero-order valence-electron chi connectivity index (χ0n) is 36.3. The number of ether oxygens (including phenoxy) is 3. The molecule has 3 aromatic rings. The van der Waals surface area contributed by atoms with Crippen molar-refractivity contribution < 1.29 is 37.1 Å². The Kier molecular flexibility index (Phi) is 13.4. The van der Waals surface area contributed by atoms with Crippen LogP contribution >= 0.6 is 7.82 Å². The van der Waals surface area contributed by atoms with Gasteiger partial charge in [-0.3, -0.25) is 13.9 Å². The Bertz CT molecular complexity index is 1930. The van der Waals surface area contributed by atoms with Crippen molar-refractivity contribution in [1.29, 1.82) is 0 Å². The van der Waals surface area contributed by atoms with Crippen molar-refractivity contribution in [3.05, 3.63) is 48.7 Å². The van der Waals surface area contributed by atoms with Gasteiger partial charge in [-0.25, -0.2) is 18.9 Å². The molecule has 3 aliphatic rings. The van der Waals surface area contributed by atoms with Crippen LogP contribution in [0.25, 0.3) is 11.3 Å². The average molecular weight is 839 g/mol. The maximum Gasteiger partial charge on any atom is 0.478 e. The second kappa shape index (κ2) is 17.8. The van der Waals surface area contributed by atoms with E-state index in [2.05, 4.69) is 42.9 Å². The quantitative estimate of drug-likeness (QED) is 0.134. The predicted octanol–water partition coefficient (Wildman–Crippen LogP) is 7.39. The Labute approximate surface area is 349 Å². The Morgan fingerprint density at radius 3 is 2.19 bits per heavy atom. The van der Waals surface area contributed by atoms with Crippen LogP contribution in [0, 0.1) is 0 Å². The van der Waals surface area contributed by atoms with Gasteiger partial charge in [0.1, 0.15) is 18.0 Å². The van der Waals surface area contributed by atoms with Gasteiger partial charge in [0.2, 0.25) is 5.88 Å². The molecule has 0 saturated carbocycles. The van der Waals surface area contributed by atoms with Gasteiger partial charge in [-0.1, -0.05) is 12.1 Å². The molecule has 0 spiro atoms. The lowest BCUT2D eigenvalue weighted by atomic mass is 10.1. The molecule has 59 heavy (non-hydrogen) atoms. The second-order valence-electron chi connectivity index (χ2n) is 18.5. The highest BCUT2D eigenvalue weighted by atomic mass is 31.2. The molecule has 3 saturated heterocycles. The van der Waals surface area contributed by atoms with E-state index in [4.69, 9.17) is 33.5 Å². The van der Waals surface area contributed by atoms with Crippen molar-refractivity contribution in [3.8, 4) is 22.9 Å². The van der Waals surface area contributed by atoms with Crippen molar-refractivity contribution in [2.75, 3.05) is 68.2 Å². The van der Waals surface area contributed by atoms with Crippen molar-refractivity contribution >= 4 is 31.1 Å². The van der Waals surface area contributed by atoms with Crippen LogP contribution in [0.5, 0.6) is 11.6 Å². The van der Waals surface area contributed by atoms with E-state index in [0.29, 0.717) is 48.4 Å². The van der Waals surface area contributed by atoms with Crippen LogP contribution in [0.4, 0.5) is 22.0 Å². The summed E-state index contributed by atoms with van der Waals surface area (Å²) in [6, 6.07) is 14.1. The van der Waals surface area contributed by atoms with E-state index in [-0.39, 0.29) is 31.0 Å². The monoisotopic (exact) mass is 838 g/mol. The van der Waals surface area contributed by atoms with Gasteiger partial charge < -0.3 is 34.6 Å². The minimum Gasteiger partial charge on any atom is -0.476 e. The van der Waals surface area contributed by atoms with E-state index in [0.717, 1.165) is 50.4 Å². The maximum absolute atomic E-state index is 13.6. The van der Waals surface area contributed by atoms with Crippen LogP contribution in [0.15, 0.2) is 48.7 Å². The standard InChI is InChI=1S/C42H63N8O8P/c1-29-25-48(39(51)56-40(2,3)4)20-19-47(29)21-22-53-37-23-30(17-18-44-37)50-31-15-16-32(50)27-49(26-31)35-24-34(45-46-38(35)43)33-13-11-12-14-36(33)54-28-55-59(52,57-41(5,6)7)58-42(8,9)10/h11-14,17-18,23-24,29,31-32H,15-16,19-22,25-28H2,1-10H3,(H2,43,46)/t29-,31-,32-/m1/s1. The largest absolute Gasteiger partial charge is 0.478 e. The summed E-state index contributed by atoms with van der Waals surface area (Å²) in [4.78, 5) is 26.0. The third-order valence-corrected chi connectivity index (χ3v) is 12.0. The van der Waals surface area contributed by atoms with Crippen molar-refractivity contribution in [2.45, 2.75) is 117 Å². The molecule has 5 heterocycles. The summed E-state index contributed by atoms with van der Waals surface area (Å²) in [6.07, 6.45) is 3.63. The summed E-state index contributed by atoms with van der Waals surface area (Å²) in [5, 5.41) is 8.81. The smallest absolute Gasteiger partial charge is 0.476 e. The highest BCUT2D eigenvalue weighted by molar-refractivity contribution is 7.48. The normalized spacial score (nSPS) is 20.5. The summed E-state index contributed by atoms with van der Waals surface area (Å²) in [6.45, 7) is 22.8. The number of phosphoric acid groups is 1. The molecular weight excluding hydrogens is 775 g/mol. The molecule has 0 aliphatic carbocycles. The summed E-state index contributed by atoms with van der Waals surface area (Å²) < 4.78 is 48.5. The number of para-hydroxylation sites is 1. The van der Waals surface area contributed by atoms with E-state index < -0.39 is 24.6 Å². The minimum absolute atomic E-state index is 0.184. The first-order valence-corrected chi connectivity index (χ1v) is 22.0. The number of anilines is 3. The molecule has 0 radical (unpaired) electrons. The van der Waals surface area contributed by atoms with Crippen molar-refractivity contribution in [2.24, 2.45) is 0 Å². The Morgan fingerprint density at radius 2 is 1.54 bits per heavy atom. The molecule has 6 rings (SSSR count). The number of hydrogen-bond donors (Lipinski definition) is 1. The van der Waals surface area contributed by atoms with Gasteiger partial charge in [-0.2, -0.15) is 0 Å².